The van der Waals surface area contributed by atoms with Gasteiger partial charge in [-0.05, 0) is 60.3 Å². The van der Waals surface area contributed by atoms with E-state index in [1.165, 1.54) is 15.9 Å². The van der Waals surface area contributed by atoms with Gasteiger partial charge in [0.2, 0.25) is 0 Å². The molecule has 7 heteroatoms. The maximum absolute atomic E-state index is 12.4. The van der Waals surface area contributed by atoms with Crippen LogP contribution in [0, 0.1) is 0 Å². The average Bonchev–Trinajstić information content (AvgIpc) is 3.54. The molecule has 0 aliphatic carbocycles. The van der Waals surface area contributed by atoms with E-state index >= 15 is 0 Å². The highest BCUT2D eigenvalue weighted by molar-refractivity contribution is 9.09. The van der Waals surface area contributed by atoms with Crippen molar-refractivity contribution in [2.45, 2.75) is 71.6 Å². The number of furan rings is 1. The number of carbonyl (C=O) groups excluding carboxylic acids is 2. The quantitative estimate of drug-likeness (QED) is 0.0612. The Morgan fingerprint density at radius 2 is 1.63 bits per heavy atom. The molecule has 2 heterocycles. The summed E-state index contributed by atoms with van der Waals surface area (Å²) >= 11 is 3.45. The van der Waals surface area contributed by atoms with Crippen LogP contribution in [0.5, 0.6) is 0 Å². The highest BCUT2D eigenvalue weighted by Crippen LogP contribution is 2.37. The fourth-order valence-electron chi connectivity index (χ4n) is 5.67. The summed E-state index contributed by atoms with van der Waals surface area (Å²) in [4.78, 5) is 24.4. The molecular weight excluding hydrogens is 620 g/mol. The minimum atomic E-state index is -2.78. The van der Waals surface area contributed by atoms with Gasteiger partial charge in [0.1, 0.15) is 11.9 Å². The summed E-state index contributed by atoms with van der Waals surface area (Å²) in [7, 11) is -2.78. The molecule has 0 N–H and O–H groups in total. The molecule has 2 aromatic carbocycles. The smallest absolute Gasteiger partial charge is 0.334 e. The Balaban J connectivity index is 1.54. The number of hydrogen-bond acceptors (Lipinski definition) is 5. The second-order valence-electron chi connectivity index (χ2n) is 12.2. The van der Waals surface area contributed by atoms with Gasteiger partial charge in [0.15, 0.2) is 12.0 Å². The second kappa shape index (κ2) is 14.5. The van der Waals surface area contributed by atoms with E-state index in [2.05, 4.69) is 98.2 Å². The maximum atomic E-state index is 12.4. The molecule has 1 aromatic heterocycles. The Morgan fingerprint density at radius 3 is 2.19 bits per heavy atom. The average molecular weight is 662 g/mol. The molecule has 0 unspecified atom stereocenters. The van der Waals surface area contributed by atoms with E-state index in [4.69, 9.17) is 13.6 Å². The SMILES string of the molecule is C/C(=C/c1cc(CO[Si](c2ccccc2)(c2ccccc2)C(C)(C)C)c(C=O)o1)C[C@H]1C=C(CC/C=C(\C)CBr)C(=O)O1. The standard InChI is InChI=1S/C36H41BrO5Si/c1-26(23-37)13-12-14-28-21-31(42-35(28)39)20-27(2)19-30-22-29(34(24-38)41-30)25-40-43(36(3,4)5,32-15-8-6-9-16-32)33-17-10-7-11-18-33/h6-11,13,15-19,21-22,24,31H,12,14,20,23,25H2,1-5H3/b26-13+,27-19-/t31-/m0/s1. The molecule has 1 atom stereocenters. The van der Waals surface area contributed by atoms with Crippen LogP contribution in [0.3, 0.4) is 0 Å². The molecule has 1 aliphatic rings. The Morgan fingerprint density at radius 1 is 1.00 bits per heavy atom. The molecule has 0 saturated carbocycles. The molecular formula is C36H41BrO5Si. The van der Waals surface area contributed by atoms with Crippen LogP contribution in [-0.2, 0) is 20.6 Å². The van der Waals surface area contributed by atoms with E-state index in [1.54, 1.807) is 0 Å². The van der Waals surface area contributed by atoms with Crippen molar-refractivity contribution in [1.82, 2.24) is 0 Å². The predicted molar refractivity (Wildman–Crippen MR) is 180 cm³/mol. The molecule has 5 nitrogen and oxygen atoms in total. The normalized spacial score (nSPS) is 16.3. The number of rotatable bonds is 13. The lowest BCUT2D eigenvalue weighted by Gasteiger charge is -2.43. The lowest BCUT2D eigenvalue weighted by atomic mass is 10.1. The molecule has 0 amide bonds. The monoisotopic (exact) mass is 660 g/mol. The van der Waals surface area contributed by atoms with Gasteiger partial charge < -0.3 is 13.6 Å². The van der Waals surface area contributed by atoms with Crippen molar-refractivity contribution in [1.29, 1.82) is 0 Å². The Labute approximate surface area is 264 Å². The van der Waals surface area contributed by atoms with Crippen molar-refractivity contribution in [2.24, 2.45) is 0 Å². The van der Waals surface area contributed by atoms with E-state index in [0.29, 0.717) is 24.2 Å². The largest absolute Gasteiger partial charge is 0.454 e. The fraction of sp³-hybridized carbons (Fsp3) is 0.333. The van der Waals surface area contributed by atoms with Crippen LogP contribution >= 0.6 is 15.9 Å². The molecule has 226 valence electrons. The van der Waals surface area contributed by atoms with Crippen LogP contribution in [0.2, 0.25) is 5.04 Å². The third-order valence-electron chi connectivity index (χ3n) is 7.77. The predicted octanol–water partition coefficient (Wildman–Crippen LogP) is 7.94. The number of allylic oxidation sites excluding steroid dienone is 2. The summed E-state index contributed by atoms with van der Waals surface area (Å²) < 4.78 is 18.6. The third kappa shape index (κ3) is 7.83. The fourth-order valence-corrected chi connectivity index (χ4v) is 10.4. The highest BCUT2D eigenvalue weighted by Gasteiger charge is 2.50. The molecule has 43 heavy (non-hydrogen) atoms. The first-order valence-corrected chi connectivity index (χ1v) is 17.7. The van der Waals surface area contributed by atoms with E-state index in [-0.39, 0.29) is 29.5 Å². The number of ether oxygens (including phenoxy) is 1. The van der Waals surface area contributed by atoms with Gasteiger partial charge in [-0.15, -0.1) is 0 Å². The summed E-state index contributed by atoms with van der Waals surface area (Å²) in [5.74, 6) is 0.592. The Kier molecular flexibility index (Phi) is 11.0. The number of esters is 1. The van der Waals surface area contributed by atoms with Crippen LogP contribution < -0.4 is 10.4 Å². The van der Waals surface area contributed by atoms with Gasteiger partial charge in [0, 0.05) is 22.9 Å². The number of benzene rings is 2. The van der Waals surface area contributed by atoms with Gasteiger partial charge in [-0.25, -0.2) is 4.79 Å². The van der Waals surface area contributed by atoms with Crippen molar-refractivity contribution < 1.29 is 23.2 Å². The van der Waals surface area contributed by atoms with Crippen LogP contribution in [0.1, 0.15) is 75.8 Å². The number of halogens is 1. The first-order valence-electron chi connectivity index (χ1n) is 14.7. The maximum Gasteiger partial charge on any atom is 0.334 e. The first kappa shape index (κ1) is 32.6. The van der Waals surface area contributed by atoms with E-state index in [9.17, 15) is 9.59 Å². The lowest BCUT2D eigenvalue weighted by Crippen LogP contribution is -2.66. The molecule has 0 fully saturated rings. The molecule has 0 radical (unpaired) electrons. The van der Waals surface area contributed by atoms with Crippen LogP contribution in [-0.4, -0.2) is 32.0 Å². The van der Waals surface area contributed by atoms with Crippen molar-refractivity contribution in [3.8, 4) is 0 Å². The molecule has 0 spiro atoms. The first-order chi connectivity index (χ1) is 20.6. The van der Waals surface area contributed by atoms with E-state index in [0.717, 1.165) is 29.2 Å². The number of cyclic esters (lactones) is 1. The number of aldehydes is 1. The number of hydrogen-bond donors (Lipinski definition) is 0. The molecule has 0 saturated heterocycles. The minimum Gasteiger partial charge on any atom is -0.454 e. The number of carbonyl (C=O) groups is 2. The van der Waals surface area contributed by atoms with Crippen molar-refractivity contribution in [3.63, 3.8) is 0 Å². The summed E-state index contributed by atoms with van der Waals surface area (Å²) in [6.07, 6.45) is 8.43. The zero-order valence-corrected chi connectivity index (χ0v) is 28.3. The number of alkyl halides is 1. The van der Waals surface area contributed by atoms with Gasteiger partial charge in [0.05, 0.1) is 6.61 Å². The zero-order chi connectivity index (χ0) is 31.0. The van der Waals surface area contributed by atoms with Crippen LogP contribution in [0.4, 0.5) is 0 Å². The van der Waals surface area contributed by atoms with E-state index in [1.807, 2.05) is 37.3 Å². The molecule has 4 rings (SSSR count). The molecule has 0 bridgehead atoms. The van der Waals surface area contributed by atoms with Gasteiger partial charge in [0.25, 0.3) is 8.32 Å². The molecule has 3 aromatic rings. The van der Waals surface area contributed by atoms with Crippen LogP contribution in [0.15, 0.2) is 100 Å². The van der Waals surface area contributed by atoms with Gasteiger partial charge >= 0.3 is 5.97 Å². The summed E-state index contributed by atoms with van der Waals surface area (Å²) in [5.41, 5.74) is 3.66. The Bertz CT molecular complexity index is 1460. The van der Waals surface area contributed by atoms with Gasteiger partial charge in [-0.1, -0.05) is 115 Å². The van der Waals surface area contributed by atoms with Gasteiger partial charge in [-0.2, -0.15) is 0 Å². The van der Waals surface area contributed by atoms with Gasteiger partial charge in [-0.3, -0.25) is 4.79 Å². The zero-order valence-electron chi connectivity index (χ0n) is 25.7. The Hall–Kier alpha value is -3.26. The molecule has 1 aliphatic heterocycles. The van der Waals surface area contributed by atoms with Crippen molar-refractivity contribution >= 4 is 53.0 Å². The third-order valence-corrected chi connectivity index (χ3v) is 13.6. The van der Waals surface area contributed by atoms with Crippen molar-refractivity contribution in [3.05, 3.63) is 113 Å². The van der Waals surface area contributed by atoms with E-state index < -0.39 is 8.32 Å². The highest BCUT2D eigenvalue weighted by atomic mass is 79.9. The summed E-state index contributed by atoms with van der Waals surface area (Å²) in [5, 5.41) is 2.99. The summed E-state index contributed by atoms with van der Waals surface area (Å²) in [6.45, 7) is 11.0. The lowest BCUT2D eigenvalue weighted by molar-refractivity contribution is -0.139. The van der Waals surface area contributed by atoms with Crippen molar-refractivity contribution in [2.75, 3.05) is 5.33 Å². The summed E-state index contributed by atoms with van der Waals surface area (Å²) in [6, 6.07) is 22.7. The van der Waals surface area contributed by atoms with Crippen LogP contribution in [0.25, 0.3) is 6.08 Å². The second-order valence-corrected chi connectivity index (χ2v) is 17.0. The topological polar surface area (TPSA) is 65.7 Å². The minimum absolute atomic E-state index is 0.186.